The molecule has 0 spiro atoms. The lowest BCUT2D eigenvalue weighted by molar-refractivity contribution is -0.147. The zero-order chi connectivity index (χ0) is 21.8. The summed E-state index contributed by atoms with van der Waals surface area (Å²) in [4.78, 5) is 38.4. The highest BCUT2D eigenvalue weighted by molar-refractivity contribution is 5.90. The van der Waals surface area contributed by atoms with Crippen molar-refractivity contribution in [1.29, 1.82) is 0 Å². The second kappa shape index (κ2) is 7.23. The van der Waals surface area contributed by atoms with Crippen molar-refractivity contribution in [3.63, 3.8) is 0 Å². The van der Waals surface area contributed by atoms with Crippen molar-refractivity contribution in [2.45, 2.75) is 38.4 Å². The molecule has 3 amide bonds. The van der Waals surface area contributed by atoms with Gasteiger partial charge in [0.1, 0.15) is 17.5 Å². The first-order valence-electron chi connectivity index (χ1n) is 10.1. The van der Waals surface area contributed by atoms with Gasteiger partial charge < -0.3 is 20.1 Å². The van der Waals surface area contributed by atoms with E-state index in [1.54, 1.807) is 17.0 Å². The predicted molar refractivity (Wildman–Crippen MR) is 105 cm³/mol. The van der Waals surface area contributed by atoms with Gasteiger partial charge in [-0.2, -0.15) is 0 Å². The van der Waals surface area contributed by atoms with Gasteiger partial charge in [-0.25, -0.2) is 9.18 Å². The normalized spacial score (nSPS) is 27.7. The maximum atomic E-state index is 14.9. The number of ether oxygens (including phenoxy) is 1. The van der Waals surface area contributed by atoms with Crippen molar-refractivity contribution in [3.8, 4) is 0 Å². The summed E-state index contributed by atoms with van der Waals surface area (Å²) < 4.78 is 20.1. The largest absolute Gasteiger partial charge is 0.442 e. The molecule has 4 atom stereocenters. The van der Waals surface area contributed by atoms with E-state index in [0.717, 1.165) is 0 Å². The number of rotatable bonds is 5. The van der Waals surface area contributed by atoms with Crippen LogP contribution in [-0.4, -0.2) is 65.8 Å². The number of amides is 3. The summed E-state index contributed by atoms with van der Waals surface area (Å²) >= 11 is 0. The Morgan fingerprint density at radius 2 is 1.93 bits per heavy atom. The molecule has 3 fully saturated rings. The molecule has 1 unspecified atom stereocenters. The molecule has 2 saturated heterocycles. The molecule has 0 aromatic heterocycles. The first kappa shape index (κ1) is 20.6. The SMILES string of the molecule is CC(=O)NC[C@H]1CN(c2ccc(C3[C@H]4CN(C(=O)C(C)(C)O)C[C@@H]34)c(F)c2)C(=O)O1. The number of anilines is 1. The predicted octanol–water partition coefficient (Wildman–Crippen LogP) is 1.23. The minimum absolute atomic E-state index is 0.0444. The smallest absolute Gasteiger partial charge is 0.414 e. The number of carbonyl (C=O) groups is 3. The number of hydrogen-bond donors (Lipinski definition) is 2. The Kier molecular flexibility index (Phi) is 4.96. The van der Waals surface area contributed by atoms with Crippen molar-refractivity contribution in [3.05, 3.63) is 29.6 Å². The maximum absolute atomic E-state index is 14.9. The molecule has 2 heterocycles. The van der Waals surface area contributed by atoms with Gasteiger partial charge in [0.2, 0.25) is 5.91 Å². The lowest BCUT2D eigenvalue weighted by Gasteiger charge is -2.26. The number of fused-ring (bicyclic) bond motifs is 1. The molecule has 1 aromatic carbocycles. The number of carbonyl (C=O) groups excluding carboxylic acids is 3. The van der Waals surface area contributed by atoms with Crippen molar-refractivity contribution in [1.82, 2.24) is 10.2 Å². The van der Waals surface area contributed by atoms with Gasteiger partial charge in [0, 0.05) is 20.0 Å². The van der Waals surface area contributed by atoms with E-state index >= 15 is 0 Å². The number of nitrogens with one attached hydrogen (secondary N) is 1. The van der Waals surface area contributed by atoms with E-state index in [-0.39, 0.29) is 48.5 Å². The fraction of sp³-hybridized carbons (Fsp3) is 0.571. The second-order valence-electron chi connectivity index (χ2n) is 8.88. The molecule has 3 aliphatic rings. The fourth-order valence-corrected chi connectivity index (χ4v) is 4.59. The molecule has 8 nitrogen and oxygen atoms in total. The van der Waals surface area contributed by atoms with E-state index in [1.807, 2.05) is 0 Å². The van der Waals surface area contributed by atoms with Crippen LogP contribution in [0.1, 0.15) is 32.3 Å². The number of aliphatic hydroxyl groups is 1. The van der Waals surface area contributed by atoms with Crippen LogP contribution < -0.4 is 10.2 Å². The van der Waals surface area contributed by atoms with Crippen LogP contribution in [0.25, 0.3) is 0 Å². The Labute approximate surface area is 174 Å². The average molecular weight is 419 g/mol. The zero-order valence-corrected chi connectivity index (χ0v) is 17.2. The van der Waals surface area contributed by atoms with Crippen LogP contribution in [0, 0.1) is 17.7 Å². The Bertz CT molecular complexity index is 887. The number of cyclic esters (lactones) is 1. The number of likely N-dealkylation sites (tertiary alicyclic amines) is 1. The standard InChI is InChI=1S/C21H26FN3O5/c1-11(26)23-7-13-8-25(20(28)30-13)12-4-5-14(17(22)6-12)18-15-9-24(10-16(15)18)19(27)21(2,3)29/h4-6,13,15-16,18,29H,7-10H2,1-3H3,(H,23,26)/t13-,15-,16+,18?/m0/s1. The third kappa shape index (κ3) is 3.74. The molecule has 30 heavy (non-hydrogen) atoms. The van der Waals surface area contributed by atoms with Crippen LogP contribution in [0.5, 0.6) is 0 Å². The van der Waals surface area contributed by atoms with Gasteiger partial charge in [-0.05, 0) is 49.3 Å². The van der Waals surface area contributed by atoms with Crippen molar-refractivity contribution in [2.75, 3.05) is 31.1 Å². The van der Waals surface area contributed by atoms with Crippen molar-refractivity contribution >= 4 is 23.6 Å². The van der Waals surface area contributed by atoms with E-state index in [1.165, 1.54) is 31.7 Å². The molecule has 1 aliphatic carbocycles. The van der Waals surface area contributed by atoms with Gasteiger partial charge in [0.05, 0.1) is 18.8 Å². The van der Waals surface area contributed by atoms with Gasteiger partial charge in [-0.3, -0.25) is 14.5 Å². The van der Waals surface area contributed by atoms with Gasteiger partial charge in [0.25, 0.3) is 5.91 Å². The lowest BCUT2D eigenvalue weighted by atomic mass is 10.0. The van der Waals surface area contributed by atoms with Gasteiger partial charge >= 0.3 is 6.09 Å². The van der Waals surface area contributed by atoms with Crippen LogP contribution in [-0.2, 0) is 14.3 Å². The third-order valence-corrected chi connectivity index (χ3v) is 6.11. The first-order valence-corrected chi connectivity index (χ1v) is 10.1. The number of piperidine rings is 1. The highest BCUT2D eigenvalue weighted by Gasteiger charge is 2.58. The van der Waals surface area contributed by atoms with Crippen LogP contribution in [0.2, 0.25) is 0 Å². The molecular weight excluding hydrogens is 393 g/mol. The number of hydrogen-bond acceptors (Lipinski definition) is 5. The number of halogens is 1. The topological polar surface area (TPSA) is 99.2 Å². The zero-order valence-electron chi connectivity index (χ0n) is 17.2. The monoisotopic (exact) mass is 419 g/mol. The van der Waals surface area contributed by atoms with E-state index in [4.69, 9.17) is 4.74 Å². The molecule has 9 heteroatoms. The molecule has 1 aromatic rings. The molecule has 0 bridgehead atoms. The summed E-state index contributed by atoms with van der Waals surface area (Å²) in [5.74, 6) is -0.470. The number of benzene rings is 1. The average Bonchev–Trinajstić information content (AvgIpc) is 3.00. The molecule has 4 rings (SSSR count). The van der Waals surface area contributed by atoms with Gasteiger partial charge in [0.15, 0.2) is 0 Å². The molecule has 162 valence electrons. The highest BCUT2D eigenvalue weighted by Crippen LogP contribution is 2.59. The maximum Gasteiger partial charge on any atom is 0.414 e. The van der Waals surface area contributed by atoms with E-state index in [9.17, 15) is 23.9 Å². The molecule has 2 aliphatic heterocycles. The highest BCUT2D eigenvalue weighted by atomic mass is 19.1. The van der Waals surface area contributed by atoms with Crippen LogP contribution >= 0.6 is 0 Å². The minimum Gasteiger partial charge on any atom is -0.442 e. The Hall–Kier alpha value is -2.68. The molecule has 0 radical (unpaired) electrons. The van der Waals surface area contributed by atoms with Crippen LogP contribution in [0.15, 0.2) is 18.2 Å². The summed E-state index contributed by atoms with van der Waals surface area (Å²) in [6, 6.07) is 4.74. The Balaban J connectivity index is 1.39. The van der Waals surface area contributed by atoms with E-state index < -0.39 is 17.8 Å². The van der Waals surface area contributed by atoms with E-state index in [2.05, 4.69) is 5.32 Å². The molecule has 1 saturated carbocycles. The van der Waals surface area contributed by atoms with Gasteiger partial charge in [-0.1, -0.05) is 6.07 Å². The Morgan fingerprint density at radius 1 is 1.27 bits per heavy atom. The Morgan fingerprint density at radius 3 is 2.50 bits per heavy atom. The summed E-state index contributed by atoms with van der Waals surface area (Å²) in [6.07, 6.45) is -1.05. The second-order valence-corrected chi connectivity index (χ2v) is 8.88. The quantitative estimate of drug-likeness (QED) is 0.748. The first-order chi connectivity index (χ1) is 14.1. The summed E-state index contributed by atoms with van der Waals surface area (Å²) in [7, 11) is 0. The van der Waals surface area contributed by atoms with Crippen molar-refractivity contribution in [2.24, 2.45) is 11.8 Å². The summed E-state index contributed by atoms with van der Waals surface area (Å²) in [5.41, 5.74) is -0.399. The van der Waals surface area contributed by atoms with Crippen molar-refractivity contribution < 1.29 is 28.6 Å². The minimum atomic E-state index is -1.40. The third-order valence-electron chi connectivity index (χ3n) is 6.11. The number of nitrogens with zero attached hydrogens (tertiary/aromatic N) is 2. The summed E-state index contributed by atoms with van der Waals surface area (Å²) in [5, 5.41) is 12.5. The van der Waals surface area contributed by atoms with E-state index in [0.29, 0.717) is 24.3 Å². The molecule has 2 N–H and O–H groups in total. The molecular formula is C21H26FN3O5. The van der Waals surface area contributed by atoms with Crippen LogP contribution in [0.4, 0.5) is 14.9 Å². The van der Waals surface area contributed by atoms with Crippen LogP contribution in [0.3, 0.4) is 0 Å². The van der Waals surface area contributed by atoms with Gasteiger partial charge in [-0.15, -0.1) is 0 Å². The fourth-order valence-electron chi connectivity index (χ4n) is 4.59. The summed E-state index contributed by atoms with van der Waals surface area (Å²) in [6.45, 7) is 5.81. The lowest BCUT2D eigenvalue weighted by Crippen LogP contribution is -2.45.